The van der Waals surface area contributed by atoms with Crippen molar-refractivity contribution in [3.63, 3.8) is 0 Å². The van der Waals surface area contributed by atoms with E-state index in [1.807, 2.05) is 18.2 Å². The highest BCUT2D eigenvalue weighted by atomic mass is 16.5. The van der Waals surface area contributed by atoms with Crippen LogP contribution in [0.15, 0.2) is 84.9 Å². The van der Waals surface area contributed by atoms with Crippen molar-refractivity contribution < 1.29 is 30.2 Å². The molecule has 0 heterocycles. The molecule has 0 aromatic heterocycles. The van der Waals surface area contributed by atoms with Gasteiger partial charge < -0.3 is 30.2 Å². The van der Waals surface area contributed by atoms with E-state index in [1.165, 1.54) is 12.7 Å². The van der Waals surface area contributed by atoms with Crippen molar-refractivity contribution in [2.24, 2.45) is 0 Å². The van der Waals surface area contributed by atoms with Crippen LogP contribution in [0.3, 0.4) is 0 Å². The van der Waals surface area contributed by atoms with E-state index >= 15 is 0 Å². The van der Waals surface area contributed by atoms with E-state index in [0.717, 1.165) is 5.75 Å². The van der Waals surface area contributed by atoms with Gasteiger partial charge in [0.2, 0.25) is 0 Å². The van der Waals surface area contributed by atoms with Crippen molar-refractivity contribution >= 4 is 5.97 Å². The first-order valence-corrected chi connectivity index (χ1v) is 9.89. The first-order chi connectivity index (χ1) is 14.9. The number of carbonyl (C=O) groups is 1. The minimum Gasteiger partial charge on any atom is -0.547 e. The van der Waals surface area contributed by atoms with Crippen LogP contribution >= 0.6 is 0 Å². The lowest BCUT2D eigenvalue weighted by atomic mass is 9.81. The maximum atomic E-state index is 11.2. The number of carboxylic acids is 1. The molecule has 0 bridgehead atoms. The molecule has 0 aliphatic heterocycles. The number of aliphatic hydroxyl groups is 1. The number of hydrogen-bond acceptors (Lipinski definition) is 5. The number of methoxy groups -OCH3 is 2. The Morgan fingerprint density at radius 3 is 1.84 bits per heavy atom. The minimum absolute atomic E-state index is 0.324. The van der Waals surface area contributed by atoms with Crippen LogP contribution in [0, 0.1) is 0 Å². The molecule has 0 aliphatic carbocycles. The van der Waals surface area contributed by atoms with Crippen molar-refractivity contribution in [2.75, 3.05) is 14.2 Å². The van der Waals surface area contributed by atoms with Gasteiger partial charge >= 0.3 is 0 Å². The summed E-state index contributed by atoms with van der Waals surface area (Å²) in [6, 6.07) is 25.8. The molecule has 31 heavy (non-hydrogen) atoms. The molecule has 3 rings (SSSR count). The van der Waals surface area contributed by atoms with Crippen LogP contribution in [0.5, 0.6) is 5.75 Å². The molecule has 0 saturated carbocycles. The number of carboxylic acid groups (broad SMARTS) is 1. The highest BCUT2D eigenvalue weighted by Crippen LogP contribution is 2.36. The fraction of sp³-hybridized carbons (Fsp3) is 0.240. The zero-order chi connectivity index (χ0) is 22.9. The normalized spacial score (nSPS) is 12.8. The molecule has 2 atom stereocenters. The molecule has 0 aliphatic rings. The quantitative estimate of drug-likeness (QED) is 0.601. The number of benzene rings is 3. The number of hydrogen-bond donors (Lipinski definition) is 2. The van der Waals surface area contributed by atoms with E-state index in [2.05, 4.69) is 18.7 Å². The van der Waals surface area contributed by atoms with Crippen molar-refractivity contribution in [2.45, 2.75) is 24.7 Å². The first-order valence-electron chi connectivity index (χ1n) is 9.89. The van der Waals surface area contributed by atoms with Gasteiger partial charge in [-0.2, -0.15) is 0 Å². The maximum Gasteiger partial charge on any atom is 0.149 e. The molecular weight excluding hydrogens is 394 g/mol. The molecule has 6 nitrogen and oxygen atoms in total. The number of quaternary nitrogens is 1. The molecule has 4 N–H and O–H groups in total. The second kappa shape index (κ2) is 11.3. The molecule has 0 fully saturated rings. The van der Waals surface area contributed by atoms with Gasteiger partial charge in [0.1, 0.15) is 23.5 Å². The Morgan fingerprint density at radius 1 is 0.935 bits per heavy atom. The van der Waals surface area contributed by atoms with Gasteiger partial charge in [-0.05, 0) is 30.2 Å². The van der Waals surface area contributed by atoms with Gasteiger partial charge in [-0.15, -0.1) is 0 Å². The largest absolute Gasteiger partial charge is 0.547 e. The summed E-state index contributed by atoms with van der Waals surface area (Å²) in [5.41, 5.74) is 4.74. The second-order valence-corrected chi connectivity index (χ2v) is 7.07. The van der Waals surface area contributed by atoms with E-state index in [4.69, 9.17) is 9.47 Å². The average molecular weight is 424 g/mol. The minimum atomic E-state index is -1.82. The highest BCUT2D eigenvalue weighted by Gasteiger charge is 2.42. The van der Waals surface area contributed by atoms with Crippen molar-refractivity contribution in [3.05, 3.63) is 102 Å². The third-order valence-electron chi connectivity index (χ3n) is 5.00. The van der Waals surface area contributed by atoms with E-state index in [1.54, 1.807) is 67.8 Å². The Labute approximate surface area is 182 Å². The number of aliphatic hydroxyl groups excluding tert-OH is 1. The van der Waals surface area contributed by atoms with E-state index < -0.39 is 17.7 Å². The molecular formula is C25H29NO5. The fourth-order valence-corrected chi connectivity index (χ4v) is 3.32. The molecule has 164 valence electrons. The Balaban J connectivity index is 0.000000262. The van der Waals surface area contributed by atoms with Crippen LogP contribution in [-0.2, 0) is 15.1 Å². The topological polar surface area (TPSA) is 106 Å². The molecule has 3 aromatic rings. The molecule has 6 heteroatoms. The summed E-state index contributed by atoms with van der Waals surface area (Å²) >= 11 is 0. The fourth-order valence-electron chi connectivity index (χ4n) is 3.32. The summed E-state index contributed by atoms with van der Waals surface area (Å²) in [5.74, 6) is -0.683. The monoisotopic (exact) mass is 423 g/mol. The third-order valence-corrected chi connectivity index (χ3v) is 5.00. The van der Waals surface area contributed by atoms with Gasteiger partial charge in [0.15, 0.2) is 0 Å². The molecule has 0 amide bonds. The van der Waals surface area contributed by atoms with E-state index in [0.29, 0.717) is 17.2 Å². The summed E-state index contributed by atoms with van der Waals surface area (Å²) in [6.07, 6.45) is -1.82. The molecule has 0 saturated heterocycles. The van der Waals surface area contributed by atoms with Gasteiger partial charge in [-0.1, -0.05) is 72.8 Å². The van der Waals surface area contributed by atoms with Crippen molar-refractivity contribution in [1.29, 1.82) is 0 Å². The summed E-state index contributed by atoms with van der Waals surface area (Å²) < 4.78 is 10.5. The Kier molecular flexibility index (Phi) is 8.75. The first kappa shape index (κ1) is 24.1. The molecule has 0 radical (unpaired) electrons. The van der Waals surface area contributed by atoms with E-state index in [-0.39, 0.29) is 0 Å². The van der Waals surface area contributed by atoms with Crippen LogP contribution in [0.1, 0.15) is 29.7 Å². The molecule has 0 spiro atoms. The number of rotatable bonds is 7. The van der Waals surface area contributed by atoms with Crippen LogP contribution in [-0.4, -0.2) is 31.4 Å². The van der Waals surface area contributed by atoms with Gasteiger partial charge in [0, 0.05) is 12.7 Å². The smallest absolute Gasteiger partial charge is 0.149 e. The van der Waals surface area contributed by atoms with Crippen LogP contribution in [0.4, 0.5) is 0 Å². The average Bonchev–Trinajstić information content (AvgIpc) is 2.81. The van der Waals surface area contributed by atoms with Gasteiger partial charge in [0.05, 0.1) is 13.1 Å². The summed E-state index contributed by atoms with van der Waals surface area (Å²) in [5, 5.41) is 21.4. The SMILES string of the molecule is COC(c1ccccc1)(c1ccccc1)C(O)C(=O)[O-].COc1cccc(C(C)[NH3+])c1. The standard InChI is InChI=1S/C16H16O4.C9H13NO/c1-20-16(14(17)15(18)19,12-8-4-2-5-9-12)13-10-6-3-7-11-13;1-7(10)8-4-3-5-9(6-8)11-2/h2-11,14,17H,1H3,(H,18,19);3-7H,10H2,1-2H3. The van der Waals surface area contributed by atoms with Crippen LogP contribution in [0.25, 0.3) is 0 Å². The predicted octanol–water partition coefficient (Wildman–Crippen LogP) is 1.69. The Hall–Kier alpha value is -3.19. The lowest BCUT2D eigenvalue weighted by Gasteiger charge is -2.38. The number of aliphatic carboxylic acids is 1. The molecule has 2 unspecified atom stereocenters. The summed E-state index contributed by atoms with van der Waals surface area (Å²) in [6.45, 7) is 2.06. The number of ether oxygens (including phenoxy) is 2. The van der Waals surface area contributed by atoms with Crippen molar-refractivity contribution in [3.8, 4) is 5.75 Å². The van der Waals surface area contributed by atoms with E-state index in [9.17, 15) is 15.0 Å². The van der Waals surface area contributed by atoms with Crippen LogP contribution < -0.4 is 15.6 Å². The lowest BCUT2D eigenvalue weighted by Crippen LogP contribution is -2.52. The van der Waals surface area contributed by atoms with Gasteiger partial charge in [-0.3, -0.25) is 0 Å². The predicted molar refractivity (Wildman–Crippen MR) is 116 cm³/mol. The Bertz CT molecular complexity index is 905. The van der Waals surface area contributed by atoms with Crippen LogP contribution in [0.2, 0.25) is 0 Å². The number of carbonyl (C=O) groups excluding carboxylic acids is 1. The summed E-state index contributed by atoms with van der Waals surface area (Å²) in [7, 11) is 3.04. The van der Waals surface area contributed by atoms with Gasteiger partial charge in [-0.25, -0.2) is 0 Å². The Morgan fingerprint density at radius 2 is 1.45 bits per heavy atom. The lowest BCUT2D eigenvalue weighted by molar-refractivity contribution is -0.420. The van der Waals surface area contributed by atoms with Gasteiger partial charge in [0.25, 0.3) is 0 Å². The maximum absolute atomic E-state index is 11.2. The highest BCUT2D eigenvalue weighted by molar-refractivity contribution is 5.73. The second-order valence-electron chi connectivity index (χ2n) is 7.07. The summed E-state index contributed by atoms with van der Waals surface area (Å²) in [4.78, 5) is 11.2. The zero-order valence-corrected chi connectivity index (χ0v) is 18.0. The van der Waals surface area contributed by atoms with Crippen molar-refractivity contribution in [1.82, 2.24) is 0 Å². The molecule has 3 aromatic carbocycles. The third kappa shape index (κ3) is 5.70. The zero-order valence-electron chi connectivity index (χ0n) is 18.0.